The van der Waals surface area contributed by atoms with Gasteiger partial charge < -0.3 is 14.6 Å². The monoisotopic (exact) mass is 308 g/mol. The number of aliphatic hydroxyl groups is 1. The third-order valence-electron chi connectivity index (χ3n) is 2.73. The Kier molecular flexibility index (Phi) is 7.85. The van der Waals surface area contributed by atoms with Crippen molar-refractivity contribution in [2.45, 2.75) is 70.4 Å². The van der Waals surface area contributed by atoms with Crippen LogP contribution in [0.25, 0.3) is 0 Å². The number of ether oxygens (including phenoxy) is 1. The second kappa shape index (κ2) is 8.02. The molecule has 0 spiro atoms. The molecular weight excluding hydrogens is 284 g/mol. The molecule has 0 unspecified atom stereocenters. The van der Waals surface area contributed by atoms with E-state index in [2.05, 4.69) is 13.1 Å². The fourth-order valence-corrected chi connectivity index (χ4v) is 3.03. The van der Waals surface area contributed by atoms with E-state index in [-0.39, 0.29) is 12.8 Å². The Morgan fingerprint density at radius 2 is 2.05 bits per heavy atom. The van der Waals surface area contributed by atoms with Crippen molar-refractivity contribution in [2.24, 2.45) is 0 Å². The Labute approximate surface area is 121 Å². The van der Waals surface area contributed by atoms with Crippen molar-refractivity contribution < 1.29 is 19.4 Å². The van der Waals surface area contributed by atoms with E-state index in [1.165, 1.54) is 0 Å². The molecule has 0 heterocycles. The lowest BCUT2D eigenvalue weighted by Gasteiger charge is -2.27. The van der Waals surface area contributed by atoms with Crippen LogP contribution >= 0.6 is 11.1 Å². The highest BCUT2D eigenvalue weighted by Gasteiger charge is 2.28. The predicted octanol–water partition coefficient (Wildman–Crippen LogP) is 2.87. The van der Waals surface area contributed by atoms with Crippen molar-refractivity contribution in [2.75, 3.05) is 0 Å². The van der Waals surface area contributed by atoms with E-state index in [9.17, 15) is 14.7 Å². The third kappa shape index (κ3) is 11.2. The Balaban J connectivity index is 4.11. The van der Waals surface area contributed by atoms with E-state index < -0.39 is 25.1 Å². The minimum Gasteiger partial charge on any atom is -0.460 e. The van der Waals surface area contributed by atoms with Crippen LogP contribution in [0.1, 0.15) is 39.5 Å². The van der Waals surface area contributed by atoms with Gasteiger partial charge in [-0.3, -0.25) is 4.79 Å². The number of esters is 1. The molecule has 19 heavy (non-hydrogen) atoms. The molecule has 1 atom stereocenters. The van der Waals surface area contributed by atoms with E-state index in [0.717, 1.165) is 12.3 Å². The summed E-state index contributed by atoms with van der Waals surface area (Å²) in [5.74, 6) is -0.433. The third-order valence-corrected chi connectivity index (χ3v) is 4.74. The first-order valence-corrected chi connectivity index (χ1v) is 10.8. The zero-order valence-corrected chi connectivity index (χ0v) is 14.0. The topological polar surface area (TPSA) is 63.6 Å². The smallest absolute Gasteiger partial charge is 0.308 e. The maximum absolute atomic E-state index is 11.7. The number of hydrogen-bond acceptors (Lipinski definition) is 4. The van der Waals surface area contributed by atoms with E-state index in [1.54, 1.807) is 0 Å². The molecule has 0 aliphatic rings. The number of aliphatic hydroxyl groups excluding tert-OH is 1. The number of hydrogen-bond donors (Lipinski definition) is 1. The Hall–Kier alpha value is -0.393. The van der Waals surface area contributed by atoms with Gasteiger partial charge in [0.05, 0.1) is 12.5 Å². The van der Waals surface area contributed by atoms with Gasteiger partial charge in [0, 0.05) is 6.42 Å². The highest BCUT2D eigenvalue weighted by molar-refractivity contribution is 7.19. The molecule has 0 aromatic heterocycles. The van der Waals surface area contributed by atoms with Crippen molar-refractivity contribution in [1.29, 1.82) is 0 Å². The van der Waals surface area contributed by atoms with Crippen LogP contribution in [0.3, 0.4) is 0 Å². The number of halogens is 1. The molecule has 0 saturated heterocycles. The molecular formula is C13H25ClO4Si. The second-order valence-electron chi connectivity index (χ2n) is 6.05. The molecule has 0 amide bonds. The maximum Gasteiger partial charge on any atom is 0.308 e. The van der Waals surface area contributed by atoms with Crippen LogP contribution in [0.4, 0.5) is 0 Å². The SMILES string of the molecule is CC(C)(CC[Si](C)(C)Cl)OC(=O)C[C@@H](O)CCC=O. The maximum atomic E-state index is 11.7. The van der Waals surface area contributed by atoms with Crippen molar-refractivity contribution in [3.63, 3.8) is 0 Å². The van der Waals surface area contributed by atoms with Gasteiger partial charge in [0.2, 0.25) is 0 Å². The number of aldehydes is 1. The van der Waals surface area contributed by atoms with Gasteiger partial charge >= 0.3 is 5.97 Å². The fourth-order valence-electron chi connectivity index (χ4n) is 1.55. The van der Waals surface area contributed by atoms with Gasteiger partial charge in [-0.15, -0.1) is 0 Å². The summed E-state index contributed by atoms with van der Waals surface area (Å²) in [5.41, 5.74) is -0.569. The standard InChI is InChI=1S/C13H25ClO4Si/c1-13(2,7-9-19(3,4)14)18-12(17)10-11(16)6-5-8-15/h8,11,16H,5-7,9-10H2,1-4H3/t11-/m0/s1. The summed E-state index contributed by atoms with van der Waals surface area (Å²) >= 11 is 6.24. The van der Waals surface area contributed by atoms with Gasteiger partial charge in [0.1, 0.15) is 11.9 Å². The number of rotatable bonds is 9. The molecule has 0 aliphatic heterocycles. The molecule has 6 heteroatoms. The minimum atomic E-state index is -1.67. The Bertz CT molecular complexity index is 300. The van der Waals surface area contributed by atoms with Gasteiger partial charge in [-0.2, -0.15) is 11.1 Å². The fraction of sp³-hybridized carbons (Fsp3) is 0.846. The Morgan fingerprint density at radius 3 is 2.53 bits per heavy atom. The lowest BCUT2D eigenvalue weighted by atomic mass is 10.1. The van der Waals surface area contributed by atoms with Gasteiger partial charge in [0.25, 0.3) is 0 Å². The molecule has 0 bridgehead atoms. The molecule has 0 aromatic carbocycles. The summed E-state index contributed by atoms with van der Waals surface area (Å²) in [6, 6.07) is 0.864. The molecule has 0 saturated carbocycles. The van der Waals surface area contributed by atoms with Crippen molar-refractivity contribution in [3.8, 4) is 0 Å². The average molecular weight is 309 g/mol. The van der Waals surface area contributed by atoms with E-state index in [0.29, 0.717) is 12.8 Å². The van der Waals surface area contributed by atoms with Crippen molar-refractivity contribution >= 4 is 30.7 Å². The first-order chi connectivity index (χ1) is 8.56. The largest absolute Gasteiger partial charge is 0.460 e. The van der Waals surface area contributed by atoms with Gasteiger partial charge in [-0.1, -0.05) is 13.1 Å². The lowest BCUT2D eigenvalue weighted by molar-refractivity contribution is -0.159. The summed E-state index contributed by atoms with van der Waals surface area (Å²) < 4.78 is 5.36. The van der Waals surface area contributed by atoms with Crippen LogP contribution in [0.5, 0.6) is 0 Å². The molecule has 0 rings (SSSR count). The first kappa shape index (κ1) is 18.6. The summed E-state index contributed by atoms with van der Waals surface area (Å²) in [7, 11) is -1.67. The van der Waals surface area contributed by atoms with Crippen LogP contribution in [0.15, 0.2) is 0 Å². The van der Waals surface area contributed by atoms with Crippen LogP contribution in [0, 0.1) is 0 Å². The van der Waals surface area contributed by atoms with Crippen LogP contribution in [-0.4, -0.2) is 36.5 Å². The average Bonchev–Trinajstić information content (AvgIpc) is 2.22. The highest BCUT2D eigenvalue weighted by atomic mass is 35.6. The number of carbonyl (C=O) groups is 2. The summed E-state index contributed by atoms with van der Waals surface area (Å²) in [4.78, 5) is 21.8. The minimum absolute atomic E-state index is 0.0705. The number of carbonyl (C=O) groups excluding carboxylic acids is 2. The molecule has 0 aliphatic carbocycles. The summed E-state index contributed by atoms with van der Waals surface area (Å²) in [5, 5.41) is 9.53. The van der Waals surface area contributed by atoms with Crippen molar-refractivity contribution in [1.82, 2.24) is 0 Å². The van der Waals surface area contributed by atoms with Crippen LogP contribution in [-0.2, 0) is 14.3 Å². The zero-order valence-electron chi connectivity index (χ0n) is 12.2. The molecule has 0 aromatic rings. The quantitative estimate of drug-likeness (QED) is 0.308. The van der Waals surface area contributed by atoms with Gasteiger partial charge in [-0.05, 0) is 32.7 Å². The van der Waals surface area contributed by atoms with Gasteiger partial charge in [-0.25, -0.2) is 0 Å². The van der Waals surface area contributed by atoms with E-state index >= 15 is 0 Å². The predicted molar refractivity (Wildman–Crippen MR) is 78.9 cm³/mol. The normalized spacial score (nSPS) is 14.0. The summed E-state index contributed by atoms with van der Waals surface area (Å²) in [6.07, 6.45) is 1.11. The molecule has 0 fully saturated rings. The van der Waals surface area contributed by atoms with Crippen molar-refractivity contribution in [3.05, 3.63) is 0 Å². The lowest BCUT2D eigenvalue weighted by Crippen LogP contribution is -2.32. The van der Waals surface area contributed by atoms with E-state index in [4.69, 9.17) is 15.8 Å². The molecule has 1 N–H and O–H groups in total. The first-order valence-electron chi connectivity index (χ1n) is 6.58. The highest BCUT2D eigenvalue weighted by Crippen LogP contribution is 2.25. The van der Waals surface area contributed by atoms with Gasteiger partial charge in [0.15, 0.2) is 7.38 Å². The van der Waals surface area contributed by atoms with Crippen LogP contribution < -0.4 is 0 Å². The molecule has 4 nitrogen and oxygen atoms in total. The molecule has 0 radical (unpaired) electrons. The summed E-state index contributed by atoms with van der Waals surface area (Å²) in [6.45, 7) is 7.80. The van der Waals surface area contributed by atoms with E-state index in [1.807, 2.05) is 13.8 Å². The molecule has 112 valence electrons. The zero-order chi connectivity index (χ0) is 15.1. The Morgan fingerprint density at radius 1 is 1.47 bits per heavy atom. The second-order valence-corrected chi connectivity index (χ2v) is 13.1. The van der Waals surface area contributed by atoms with Crippen LogP contribution in [0.2, 0.25) is 19.1 Å².